The lowest BCUT2D eigenvalue weighted by Crippen LogP contribution is -2.45. The minimum absolute atomic E-state index is 0.277. The van der Waals surface area contributed by atoms with Crippen LogP contribution in [-0.4, -0.2) is 51.7 Å². The third kappa shape index (κ3) is 3.22. The highest BCUT2D eigenvalue weighted by Crippen LogP contribution is 2.34. The highest BCUT2D eigenvalue weighted by molar-refractivity contribution is 5.70. The maximum atomic E-state index is 6.19. The Kier molecular flexibility index (Phi) is 4.18. The largest absolute Gasteiger partial charge is 0.461 e. The lowest BCUT2D eigenvalue weighted by molar-refractivity contribution is -0.169. The number of nitrogens with two attached hydrogens (primary N) is 1. The number of nitrogens with zero attached hydrogens (tertiary/aromatic N) is 5. The molecule has 2 aliphatic rings. The van der Waals surface area contributed by atoms with Gasteiger partial charge in [0.15, 0.2) is 17.2 Å². The van der Waals surface area contributed by atoms with Gasteiger partial charge in [-0.05, 0) is 24.3 Å². The Morgan fingerprint density at radius 1 is 0.968 bits per heavy atom. The van der Waals surface area contributed by atoms with Gasteiger partial charge in [-0.25, -0.2) is 9.97 Å². The predicted octanol–water partition coefficient (Wildman–Crippen LogP) is 2.98. The van der Waals surface area contributed by atoms with Crippen LogP contribution >= 0.6 is 0 Å². The molecular weight excluding hydrogens is 396 g/mol. The molecule has 2 N–H and O–H groups in total. The van der Waals surface area contributed by atoms with Crippen LogP contribution < -0.4 is 10.6 Å². The fourth-order valence-electron chi connectivity index (χ4n) is 4.32. The van der Waals surface area contributed by atoms with Crippen LogP contribution in [0.2, 0.25) is 0 Å². The molecule has 2 fully saturated rings. The average Bonchev–Trinajstić information content (AvgIpc) is 3.55. The molecule has 0 radical (unpaired) electrons. The maximum absolute atomic E-state index is 6.19. The molecule has 0 amide bonds. The van der Waals surface area contributed by atoms with E-state index in [0.717, 1.165) is 42.9 Å². The topological polar surface area (TPSA) is 104 Å². The third-order valence-corrected chi connectivity index (χ3v) is 5.94. The summed E-state index contributed by atoms with van der Waals surface area (Å²) in [6.07, 6.45) is 3.32. The Balaban J connectivity index is 1.30. The molecule has 1 aromatic carbocycles. The average molecular weight is 418 g/mol. The van der Waals surface area contributed by atoms with Crippen molar-refractivity contribution in [3.63, 3.8) is 0 Å². The Morgan fingerprint density at radius 3 is 2.58 bits per heavy atom. The number of rotatable bonds is 3. The van der Waals surface area contributed by atoms with Gasteiger partial charge in [0.05, 0.1) is 25.2 Å². The third-order valence-electron chi connectivity index (χ3n) is 5.94. The number of hydrogen-bond donors (Lipinski definition) is 1. The summed E-state index contributed by atoms with van der Waals surface area (Å²) in [6, 6.07) is 13.8. The molecule has 0 unspecified atom stereocenters. The fourth-order valence-corrected chi connectivity index (χ4v) is 4.32. The molecule has 0 atom stereocenters. The molecule has 0 saturated carbocycles. The summed E-state index contributed by atoms with van der Waals surface area (Å²) in [5, 5.41) is 4.41. The minimum Gasteiger partial charge on any atom is -0.461 e. The van der Waals surface area contributed by atoms with Gasteiger partial charge in [0.1, 0.15) is 0 Å². The van der Waals surface area contributed by atoms with Crippen LogP contribution in [0, 0.1) is 0 Å². The fraction of sp³-hybridized carbons (Fsp3) is 0.318. The summed E-state index contributed by atoms with van der Waals surface area (Å²) in [5.41, 5.74) is 9.68. The number of ether oxygens (including phenoxy) is 2. The van der Waals surface area contributed by atoms with E-state index in [4.69, 9.17) is 19.6 Å². The molecular formula is C22H22N6O3. The first-order chi connectivity index (χ1) is 15.2. The number of piperidine rings is 1. The second-order valence-electron chi connectivity index (χ2n) is 7.83. The first kappa shape index (κ1) is 18.3. The summed E-state index contributed by atoms with van der Waals surface area (Å²) in [7, 11) is 0. The Hall–Kier alpha value is -3.43. The molecule has 9 nitrogen and oxygen atoms in total. The summed E-state index contributed by atoms with van der Waals surface area (Å²) in [5.74, 6) is 0.959. The zero-order valence-corrected chi connectivity index (χ0v) is 16.9. The molecule has 0 aliphatic carbocycles. The van der Waals surface area contributed by atoms with Crippen LogP contribution in [0.4, 0.5) is 11.6 Å². The number of fused-ring (bicyclic) bond motifs is 1. The van der Waals surface area contributed by atoms with Crippen molar-refractivity contribution in [1.82, 2.24) is 19.6 Å². The predicted molar refractivity (Wildman–Crippen MR) is 114 cm³/mol. The molecule has 2 saturated heterocycles. The van der Waals surface area contributed by atoms with Crippen molar-refractivity contribution < 1.29 is 13.9 Å². The van der Waals surface area contributed by atoms with Crippen molar-refractivity contribution in [2.75, 3.05) is 36.9 Å². The number of furan rings is 1. The number of hydrogen-bond acceptors (Lipinski definition) is 8. The zero-order chi connectivity index (χ0) is 20.8. The van der Waals surface area contributed by atoms with Crippen LogP contribution in [0.5, 0.6) is 0 Å². The molecule has 158 valence electrons. The second kappa shape index (κ2) is 7.07. The van der Waals surface area contributed by atoms with E-state index < -0.39 is 0 Å². The first-order valence-electron chi connectivity index (χ1n) is 10.4. The van der Waals surface area contributed by atoms with Gasteiger partial charge in [0.25, 0.3) is 0 Å². The Bertz CT molecular complexity index is 1220. The van der Waals surface area contributed by atoms with E-state index in [1.807, 2.05) is 24.3 Å². The van der Waals surface area contributed by atoms with Crippen molar-refractivity contribution in [2.24, 2.45) is 0 Å². The van der Waals surface area contributed by atoms with E-state index >= 15 is 0 Å². The monoisotopic (exact) mass is 418 g/mol. The van der Waals surface area contributed by atoms with E-state index in [-0.39, 0.29) is 11.7 Å². The number of nitrogen functional groups attached to an aromatic ring is 1. The maximum Gasteiger partial charge on any atom is 0.223 e. The molecule has 4 aromatic rings. The highest BCUT2D eigenvalue weighted by atomic mass is 16.7. The molecule has 6 rings (SSSR count). The van der Waals surface area contributed by atoms with Gasteiger partial charge in [-0.15, -0.1) is 5.10 Å². The van der Waals surface area contributed by atoms with Crippen molar-refractivity contribution in [3.05, 3.63) is 48.7 Å². The Labute approximate surface area is 178 Å². The lowest BCUT2D eigenvalue weighted by atomic mass is 10.0. The molecule has 9 heteroatoms. The van der Waals surface area contributed by atoms with Gasteiger partial charge >= 0.3 is 0 Å². The smallest absolute Gasteiger partial charge is 0.223 e. The van der Waals surface area contributed by atoms with Crippen LogP contribution in [0.25, 0.3) is 28.5 Å². The van der Waals surface area contributed by atoms with Crippen molar-refractivity contribution in [2.45, 2.75) is 18.6 Å². The summed E-state index contributed by atoms with van der Waals surface area (Å²) in [4.78, 5) is 11.5. The number of anilines is 2. The van der Waals surface area contributed by atoms with Crippen LogP contribution in [0.1, 0.15) is 12.8 Å². The zero-order valence-electron chi connectivity index (χ0n) is 16.9. The van der Waals surface area contributed by atoms with Gasteiger partial charge in [-0.3, -0.25) is 0 Å². The first-order valence-corrected chi connectivity index (χ1v) is 10.4. The van der Waals surface area contributed by atoms with E-state index in [9.17, 15) is 0 Å². The van der Waals surface area contributed by atoms with E-state index in [0.29, 0.717) is 30.4 Å². The standard InChI is InChI=1S/C22H22N6O3/c23-21-24-17(14-19-25-20(26-28(19)21)18-5-2-10-29-18)15-3-1-4-16(13-15)27-8-6-22(7-9-27)30-11-12-31-22/h1-5,10,13-14H,6-9,11-12H2,(H2,23,24). The van der Waals surface area contributed by atoms with Crippen LogP contribution in [-0.2, 0) is 9.47 Å². The number of benzene rings is 1. The normalized spacial score (nSPS) is 18.3. The summed E-state index contributed by atoms with van der Waals surface area (Å²) in [6.45, 7) is 3.15. The molecule has 1 spiro atoms. The molecule has 31 heavy (non-hydrogen) atoms. The quantitative estimate of drug-likeness (QED) is 0.542. The summed E-state index contributed by atoms with van der Waals surface area (Å²) >= 11 is 0. The van der Waals surface area contributed by atoms with Crippen molar-refractivity contribution in [1.29, 1.82) is 0 Å². The molecule has 5 heterocycles. The van der Waals surface area contributed by atoms with E-state index in [1.165, 1.54) is 4.52 Å². The van der Waals surface area contributed by atoms with E-state index in [2.05, 4.69) is 32.1 Å². The minimum atomic E-state index is -0.380. The summed E-state index contributed by atoms with van der Waals surface area (Å²) < 4.78 is 18.6. The lowest BCUT2D eigenvalue weighted by Gasteiger charge is -2.38. The van der Waals surface area contributed by atoms with Crippen LogP contribution in [0.15, 0.2) is 53.1 Å². The SMILES string of the molecule is Nc1nc(-c2cccc(N3CCC4(CC3)OCCO4)c2)cc2nc(-c3ccco3)nn12. The van der Waals surface area contributed by atoms with Gasteiger partial charge < -0.3 is 24.5 Å². The van der Waals surface area contributed by atoms with Gasteiger partial charge in [0, 0.05) is 43.2 Å². The van der Waals surface area contributed by atoms with Crippen molar-refractivity contribution in [3.8, 4) is 22.8 Å². The van der Waals surface area contributed by atoms with Gasteiger partial charge in [-0.2, -0.15) is 4.52 Å². The molecule has 0 bridgehead atoms. The van der Waals surface area contributed by atoms with Crippen LogP contribution in [0.3, 0.4) is 0 Å². The Morgan fingerprint density at radius 2 is 1.81 bits per heavy atom. The molecule has 3 aromatic heterocycles. The number of aromatic nitrogens is 4. The second-order valence-corrected chi connectivity index (χ2v) is 7.83. The highest BCUT2D eigenvalue weighted by Gasteiger charge is 2.39. The van der Waals surface area contributed by atoms with E-state index in [1.54, 1.807) is 12.3 Å². The van der Waals surface area contributed by atoms with Crippen molar-refractivity contribution >= 4 is 17.3 Å². The van der Waals surface area contributed by atoms with Gasteiger partial charge in [-0.1, -0.05) is 12.1 Å². The van der Waals surface area contributed by atoms with Gasteiger partial charge in [0.2, 0.25) is 11.8 Å². The molecule has 2 aliphatic heterocycles.